The smallest absolute Gasteiger partial charge is 0.238 e. The van der Waals surface area contributed by atoms with Crippen LogP contribution >= 0.6 is 11.8 Å². The fourth-order valence-corrected chi connectivity index (χ4v) is 4.60. The number of piperidine rings is 1. The van der Waals surface area contributed by atoms with E-state index in [4.69, 9.17) is 0 Å². The van der Waals surface area contributed by atoms with Gasteiger partial charge in [-0.3, -0.25) is 9.69 Å². The van der Waals surface area contributed by atoms with Crippen molar-refractivity contribution < 1.29 is 4.79 Å². The van der Waals surface area contributed by atoms with Crippen molar-refractivity contribution in [3.63, 3.8) is 0 Å². The first-order chi connectivity index (χ1) is 10.8. The van der Waals surface area contributed by atoms with E-state index in [2.05, 4.69) is 16.3 Å². The minimum Gasteiger partial charge on any atom is -0.324 e. The summed E-state index contributed by atoms with van der Waals surface area (Å²) >= 11 is 1.67. The molecule has 1 N–H and O–H groups in total. The predicted octanol–water partition coefficient (Wildman–Crippen LogP) is 4.00. The third-order valence-electron chi connectivity index (χ3n) is 5.09. The van der Waals surface area contributed by atoms with Crippen molar-refractivity contribution in [2.45, 2.75) is 49.5 Å². The number of carbonyl (C=O) groups is 1. The SMILES string of the molecule is CSc1ccccc1NC(=O)CN1CCC[C@@H]2CCCC[C@@H]21. The van der Waals surface area contributed by atoms with Gasteiger partial charge in [-0.2, -0.15) is 0 Å². The average molecular weight is 318 g/mol. The van der Waals surface area contributed by atoms with Crippen LogP contribution in [0.4, 0.5) is 5.69 Å². The Morgan fingerprint density at radius 2 is 2.00 bits per heavy atom. The summed E-state index contributed by atoms with van der Waals surface area (Å²) in [5.74, 6) is 0.960. The van der Waals surface area contributed by atoms with Gasteiger partial charge in [0.1, 0.15) is 0 Å². The number of para-hydroxylation sites is 1. The molecule has 0 radical (unpaired) electrons. The summed E-state index contributed by atoms with van der Waals surface area (Å²) in [5.41, 5.74) is 0.942. The molecule has 1 saturated carbocycles. The molecule has 0 unspecified atom stereocenters. The van der Waals surface area contributed by atoms with Crippen LogP contribution in [0.1, 0.15) is 38.5 Å². The van der Waals surface area contributed by atoms with Gasteiger partial charge in [-0.1, -0.05) is 25.0 Å². The van der Waals surface area contributed by atoms with E-state index in [0.29, 0.717) is 12.6 Å². The van der Waals surface area contributed by atoms with Crippen molar-refractivity contribution in [2.24, 2.45) is 5.92 Å². The number of thioether (sulfide) groups is 1. The van der Waals surface area contributed by atoms with Crippen molar-refractivity contribution in [3.05, 3.63) is 24.3 Å². The number of carbonyl (C=O) groups excluding carboxylic acids is 1. The predicted molar refractivity (Wildman–Crippen MR) is 93.4 cm³/mol. The number of likely N-dealkylation sites (tertiary alicyclic amines) is 1. The highest BCUT2D eigenvalue weighted by molar-refractivity contribution is 7.98. The second kappa shape index (κ2) is 7.51. The number of benzene rings is 1. The van der Waals surface area contributed by atoms with E-state index in [0.717, 1.165) is 23.0 Å². The van der Waals surface area contributed by atoms with Crippen molar-refractivity contribution in [2.75, 3.05) is 24.7 Å². The molecule has 1 amide bonds. The van der Waals surface area contributed by atoms with Crippen molar-refractivity contribution in [3.8, 4) is 0 Å². The Morgan fingerprint density at radius 1 is 1.23 bits per heavy atom. The molecule has 1 aromatic rings. The van der Waals surface area contributed by atoms with Crippen LogP contribution in [0.15, 0.2) is 29.2 Å². The standard InChI is InChI=1S/C18H26N2OS/c1-22-17-11-5-3-9-15(17)19-18(21)13-20-12-6-8-14-7-2-4-10-16(14)20/h3,5,9,11,14,16H,2,4,6-8,10,12-13H2,1H3,(H,19,21)/t14-,16-/m0/s1. The molecule has 3 rings (SSSR count). The van der Waals surface area contributed by atoms with Crippen molar-refractivity contribution in [1.29, 1.82) is 0 Å². The van der Waals surface area contributed by atoms with Crippen LogP contribution in [0.25, 0.3) is 0 Å². The fourth-order valence-electron chi connectivity index (χ4n) is 4.05. The van der Waals surface area contributed by atoms with E-state index in [9.17, 15) is 4.79 Å². The summed E-state index contributed by atoms with van der Waals surface area (Å²) in [7, 11) is 0. The summed E-state index contributed by atoms with van der Waals surface area (Å²) < 4.78 is 0. The molecule has 0 spiro atoms. The molecule has 2 atom stereocenters. The monoisotopic (exact) mass is 318 g/mol. The summed E-state index contributed by atoms with van der Waals surface area (Å²) in [6, 6.07) is 8.68. The van der Waals surface area contributed by atoms with Gasteiger partial charge in [0.05, 0.1) is 12.2 Å². The van der Waals surface area contributed by atoms with E-state index in [-0.39, 0.29) is 5.91 Å². The molecule has 1 aliphatic carbocycles. The minimum absolute atomic E-state index is 0.132. The molecule has 0 aromatic heterocycles. The summed E-state index contributed by atoms with van der Waals surface area (Å²) in [6.07, 6.45) is 9.99. The molecule has 0 bridgehead atoms. The molecule has 4 heteroatoms. The Bertz CT molecular complexity index is 518. The molecule has 1 aromatic carbocycles. The summed E-state index contributed by atoms with van der Waals surface area (Å²) in [4.78, 5) is 16.0. The summed E-state index contributed by atoms with van der Waals surface area (Å²) in [6.45, 7) is 1.63. The van der Waals surface area contributed by atoms with Gasteiger partial charge in [0.15, 0.2) is 0 Å². The first kappa shape index (κ1) is 15.9. The van der Waals surface area contributed by atoms with Crippen LogP contribution in [0, 0.1) is 5.92 Å². The summed E-state index contributed by atoms with van der Waals surface area (Å²) in [5, 5.41) is 3.10. The Labute approximate surface area is 137 Å². The number of anilines is 1. The third-order valence-corrected chi connectivity index (χ3v) is 5.88. The fraction of sp³-hybridized carbons (Fsp3) is 0.611. The highest BCUT2D eigenvalue weighted by atomic mass is 32.2. The van der Waals surface area contributed by atoms with Gasteiger partial charge in [-0.25, -0.2) is 0 Å². The zero-order valence-corrected chi connectivity index (χ0v) is 14.2. The van der Waals surface area contributed by atoms with Crippen LogP contribution in [0.2, 0.25) is 0 Å². The third kappa shape index (κ3) is 3.66. The van der Waals surface area contributed by atoms with Gasteiger partial charge >= 0.3 is 0 Å². The molecular formula is C18H26N2OS. The highest BCUT2D eigenvalue weighted by Gasteiger charge is 2.33. The molecule has 3 nitrogen and oxygen atoms in total. The highest BCUT2D eigenvalue weighted by Crippen LogP contribution is 2.35. The average Bonchev–Trinajstić information content (AvgIpc) is 2.55. The zero-order valence-electron chi connectivity index (χ0n) is 13.4. The number of hydrogen-bond donors (Lipinski definition) is 1. The van der Waals surface area contributed by atoms with Gasteiger partial charge in [0.2, 0.25) is 5.91 Å². The van der Waals surface area contributed by atoms with E-state index >= 15 is 0 Å². The first-order valence-corrected chi connectivity index (χ1v) is 9.67. The maximum absolute atomic E-state index is 12.5. The maximum atomic E-state index is 12.5. The molecular weight excluding hydrogens is 292 g/mol. The second-order valence-corrected chi connectivity index (χ2v) is 7.32. The molecule has 22 heavy (non-hydrogen) atoms. The van der Waals surface area contributed by atoms with Crippen LogP contribution in [0.5, 0.6) is 0 Å². The molecule has 1 heterocycles. The molecule has 2 fully saturated rings. The van der Waals surface area contributed by atoms with E-state index < -0.39 is 0 Å². The number of amides is 1. The molecule has 1 aliphatic heterocycles. The van der Waals surface area contributed by atoms with Gasteiger partial charge in [0, 0.05) is 10.9 Å². The van der Waals surface area contributed by atoms with Gasteiger partial charge in [-0.15, -0.1) is 11.8 Å². The first-order valence-electron chi connectivity index (χ1n) is 8.45. The van der Waals surface area contributed by atoms with Gasteiger partial charge in [-0.05, 0) is 56.5 Å². The lowest BCUT2D eigenvalue weighted by Crippen LogP contribution is -2.49. The minimum atomic E-state index is 0.132. The number of rotatable bonds is 4. The Kier molecular flexibility index (Phi) is 5.42. The van der Waals surface area contributed by atoms with Crippen molar-refractivity contribution in [1.82, 2.24) is 4.90 Å². The largest absolute Gasteiger partial charge is 0.324 e. The van der Waals surface area contributed by atoms with Gasteiger partial charge in [0.25, 0.3) is 0 Å². The quantitative estimate of drug-likeness (QED) is 0.852. The Balaban J connectivity index is 1.61. The molecule has 120 valence electrons. The lowest BCUT2D eigenvalue weighted by Gasteiger charge is -2.43. The number of nitrogens with one attached hydrogen (secondary N) is 1. The Hall–Kier alpha value is -1.00. The second-order valence-electron chi connectivity index (χ2n) is 6.47. The maximum Gasteiger partial charge on any atom is 0.238 e. The number of fused-ring (bicyclic) bond motifs is 1. The van der Waals surface area contributed by atoms with Gasteiger partial charge < -0.3 is 5.32 Å². The number of hydrogen-bond acceptors (Lipinski definition) is 3. The lowest BCUT2D eigenvalue weighted by atomic mass is 9.78. The lowest BCUT2D eigenvalue weighted by molar-refractivity contribution is -0.118. The Morgan fingerprint density at radius 3 is 2.86 bits per heavy atom. The van der Waals surface area contributed by atoms with E-state index in [1.807, 2.05) is 24.5 Å². The van der Waals surface area contributed by atoms with E-state index in [1.54, 1.807) is 11.8 Å². The number of nitrogens with zero attached hydrogens (tertiary/aromatic N) is 1. The normalized spacial score (nSPS) is 25.5. The van der Waals surface area contributed by atoms with Crippen LogP contribution < -0.4 is 5.32 Å². The van der Waals surface area contributed by atoms with Crippen LogP contribution in [0.3, 0.4) is 0 Å². The zero-order chi connectivity index (χ0) is 15.4. The molecule has 1 saturated heterocycles. The van der Waals surface area contributed by atoms with Crippen LogP contribution in [-0.4, -0.2) is 36.2 Å². The van der Waals surface area contributed by atoms with Crippen molar-refractivity contribution >= 4 is 23.4 Å². The van der Waals surface area contributed by atoms with E-state index in [1.165, 1.54) is 38.5 Å². The van der Waals surface area contributed by atoms with Crippen LogP contribution in [-0.2, 0) is 4.79 Å². The topological polar surface area (TPSA) is 32.3 Å². The molecule has 2 aliphatic rings.